The maximum absolute atomic E-state index is 9.45. The minimum Gasteiger partial charge on any atom is -0.492 e. The van der Waals surface area contributed by atoms with Gasteiger partial charge in [-0.25, -0.2) is 0 Å². The number of fused-ring (bicyclic) bond motifs is 1. The van der Waals surface area contributed by atoms with Gasteiger partial charge in [0, 0.05) is 5.39 Å². The molecule has 0 bridgehead atoms. The average Bonchev–Trinajstić information content (AvgIpc) is 3.15. The van der Waals surface area contributed by atoms with Gasteiger partial charge in [-0.05, 0) is 60.7 Å². The summed E-state index contributed by atoms with van der Waals surface area (Å²) in [6.07, 6.45) is 2.63. The third-order valence-corrected chi connectivity index (χ3v) is 5.09. The second-order valence-electron chi connectivity index (χ2n) is 7.07. The van der Waals surface area contributed by atoms with Gasteiger partial charge in [-0.15, -0.1) is 0 Å². The zero-order valence-electron chi connectivity index (χ0n) is 16.0. The normalized spacial score (nSPS) is 11.9. The van der Waals surface area contributed by atoms with Crippen LogP contribution >= 0.6 is 11.6 Å². The molecule has 0 saturated carbocycles. The van der Waals surface area contributed by atoms with Crippen molar-refractivity contribution in [2.24, 2.45) is 5.73 Å². The Hall–Kier alpha value is -2.05. The van der Waals surface area contributed by atoms with E-state index in [0.717, 1.165) is 41.5 Å². The summed E-state index contributed by atoms with van der Waals surface area (Å²) in [6.45, 7) is 1.93. The number of aliphatic hydroxyl groups excluding tert-OH is 2. The lowest BCUT2D eigenvalue weighted by molar-refractivity contribution is 0.105. The van der Waals surface area contributed by atoms with Gasteiger partial charge >= 0.3 is 0 Å². The minimum absolute atomic E-state index is 0.374. The van der Waals surface area contributed by atoms with Crippen molar-refractivity contribution in [3.63, 3.8) is 0 Å². The molecule has 4 N–H and O–H groups in total. The largest absolute Gasteiger partial charge is 0.492 e. The molecule has 0 fully saturated rings. The second-order valence-corrected chi connectivity index (χ2v) is 7.48. The monoisotopic (exact) mass is 403 g/mol. The van der Waals surface area contributed by atoms with Crippen LogP contribution in [-0.2, 0) is 18.4 Å². The van der Waals surface area contributed by atoms with Crippen LogP contribution in [0.4, 0.5) is 0 Å². The minimum atomic E-state index is -1.28. The molecule has 28 heavy (non-hydrogen) atoms. The Bertz CT molecular complexity index is 933. The van der Waals surface area contributed by atoms with Gasteiger partial charge in [0.2, 0.25) is 0 Å². The summed E-state index contributed by atoms with van der Waals surface area (Å²) in [5.74, 6) is 1.09. The van der Waals surface area contributed by atoms with Crippen molar-refractivity contribution in [3.8, 4) is 5.75 Å². The number of hydrogen-bond donors (Lipinski definition) is 3. The molecule has 150 valence electrons. The van der Waals surface area contributed by atoms with Crippen molar-refractivity contribution in [1.82, 2.24) is 0 Å². The Morgan fingerprint density at radius 1 is 1.04 bits per heavy atom. The van der Waals surface area contributed by atoms with E-state index < -0.39 is 18.8 Å². The average molecular weight is 404 g/mol. The lowest BCUT2D eigenvalue weighted by Gasteiger charge is -2.21. The highest BCUT2D eigenvalue weighted by Crippen LogP contribution is 2.29. The van der Waals surface area contributed by atoms with Crippen LogP contribution < -0.4 is 10.5 Å². The number of aryl methyl sites for hydroxylation is 2. The van der Waals surface area contributed by atoms with E-state index in [1.807, 2.05) is 36.4 Å². The fraction of sp³-hybridized carbons (Fsp3) is 0.364. The molecule has 0 unspecified atom stereocenters. The molecule has 0 radical (unpaired) electrons. The number of ether oxygens (including phenoxy) is 1. The van der Waals surface area contributed by atoms with E-state index >= 15 is 0 Å². The first kappa shape index (κ1) is 20.7. The van der Waals surface area contributed by atoms with Crippen molar-refractivity contribution < 1.29 is 19.4 Å². The number of nitrogens with two attached hydrogens (primary N) is 1. The molecule has 0 aliphatic rings. The van der Waals surface area contributed by atoms with Crippen LogP contribution in [0.2, 0.25) is 5.02 Å². The molecule has 0 spiro atoms. The number of rotatable bonds is 9. The fourth-order valence-electron chi connectivity index (χ4n) is 3.02. The van der Waals surface area contributed by atoms with Gasteiger partial charge in [0.05, 0.1) is 24.8 Å². The summed E-state index contributed by atoms with van der Waals surface area (Å²) < 4.78 is 11.3. The Morgan fingerprint density at radius 2 is 1.71 bits per heavy atom. The molecular formula is C22H26ClNO4. The van der Waals surface area contributed by atoms with Crippen molar-refractivity contribution in [1.29, 1.82) is 0 Å². The molecule has 1 heterocycles. The summed E-state index contributed by atoms with van der Waals surface area (Å²) in [5, 5.41) is 20.4. The molecule has 6 heteroatoms. The third kappa shape index (κ3) is 4.50. The smallest absolute Gasteiger partial charge is 0.137 e. The van der Waals surface area contributed by atoms with Crippen molar-refractivity contribution >= 4 is 22.6 Å². The number of benzene rings is 2. The number of aliphatic hydroxyl groups is 2. The summed E-state index contributed by atoms with van der Waals surface area (Å²) in [5.41, 5.74) is 7.68. The van der Waals surface area contributed by atoms with Gasteiger partial charge in [0.15, 0.2) is 0 Å². The predicted octanol–water partition coefficient (Wildman–Crippen LogP) is 3.80. The maximum atomic E-state index is 9.45. The van der Waals surface area contributed by atoms with Crippen LogP contribution in [0.25, 0.3) is 11.0 Å². The molecule has 5 nitrogen and oxygen atoms in total. The highest BCUT2D eigenvalue weighted by Gasteiger charge is 2.29. The standard InChI is InChI=1S/C22H26ClNO4/c1-2-9-27-20-8-6-16(11-18(20)23)4-3-15-5-7-19-17(10-15)12-21(28-19)22(24,13-25)14-26/h5-8,10-12,25-26H,2-4,9,13-14,24H2,1H3. The third-order valence-electron chi connectivity index (χ3n) is 4.80. The molecule has 0 saturated heterocycles. The second kappa shape index (κ2) is 8.97. The van der Waals surface area contributed by atoms with Gasteiger partial charge in [-0.2, -0.15) is 0 Å². The molecule has 0 aliphatic carbocycles. The summed E-state index contributed by atoms with van der Waals surface area (Å²) in [6, 6.07) is 13.6. The zero-order chi connectivity index (χ0) is 20.1. The zero-order valence-corrected chi connectivity index (χ0v) is 16.7. The van der Waals surface area contributed by atoms with E-state index in [0.29, 0.717) is 23.0 Å². The summed E-state index contributed by atoms with van der Waals surface area (Å²) in [7, 11) is 0. The number of furan rings is 1. The molecule has 3 rings (SSSR count). The van der Waals surface area contributed by atoms with E-state index in [-0.39, 0.29) is 0 Å². The lowest BCUT2D eigenvalue weighted by Crippen LogP contribution is -2.43. The molecule has 0 aliphatic heterocycles. The van der Waals surface area contributed by atoms with E-state index in [1.165, 1.54) is 0 Å². The van der Waals surface area contributed by atoms with Gasteiger partial charge in [-0.1, -0.05) is 30.7 Å². The Labute approximate surface area is 169 Å². The topological polar surface area (TPSA) is 88.9 Å². The highest BCUT2D eigenvalue weighted by molar-refractivity contribution is 6.32. The van der Waals surface area contributed by atoms with Crippen LogP contribution in [0.3, 0.4) is 0 Å². The van der Waals surface area contributed by atoms with E-state index in [4.69, 9.17) is 26.5 Å². The first-order valence-electron chi connectivity index (χ1n) is 9.44. The molecule has 2 aromatic carbocycles. The van der Waals surface area contributed by atoms with Crippen LogP contribution in [0, 0.1) is 0 Å². The van der Waals surface area contributed by atoms with Gasteiger partial charge in [0.25, 0.3) is 0 Å². The summed E-state index contributed by atoms with van der Waals surface area (Å²) >= 11 is 6.31. The van der Waals surface area contributed by atoms with Crippen LogP contribution in [0.1, 0.15) is 30.2 Å². The lowest BCUT2D eigenvalue weighted by atomic mass is 9.99. The molecule has 0 atom stereocenters. The highest BCUT2D eigenvalue weighted by atomic mass is 35.5. The molecule has 0 amide bonds. The van der Waals surface area contributed by atoms with Gasteiger partial charge < -0.3 is 25.1 Å². The van der Waals surface area contributed by atoms with Gasteiger partial charge in [0.1, 0.15) is 22.6 Å². The maximum Gasteiger partial charge on any atom is 0.137 e. The molecule has 3 aromatic rings. The number of hydrogen-bond acceptors (Lipinski definition) is 5. The van der Waals surface area contributed by atoms with Crippen LogP contribution in [0.5, 0.6) is 5.75 Å². The van der Waals surface area contributed by atoms with Crippen molar-refractivity contribution in [2.45, 2.75) is 31.7 Å². The van der Waals surface area contributed by atoms with Crippen molar-refractivity contribution in [2.75, 3.05) is 19.8 Å². The van der Waals surface area contributed by atoms with Crippen LogP contribution in [0.15, 0.2) is 46.9 Å². The van der Waals surface area contributed by atoms with Crippen molar-refractivity contribution in [3.05, 3.63) is 64.4 Å². The molecule has 1 aromatic heterocycles. The number of halogens is 1. The van der Waals surface area contributed by atoms with E-state index in [2.05, 4.69) is 6.92 Å². The Balaban J connectivity index is 1.72. The van der Waals surface area contributed by atoms with Gasteiger partial charge in [-0.3, -0.25) is 0 Å². The SMILES string of the molecule is CCCOc1ccc(CCc2ccc3oc(C(N)(CO)CO)cc3c2)cc1Cl. The van der Waals surface area contributed by atoms with E-state index in [9.17, 15) is 10.2 Å². The first-order valence-corrected chi connectivity index (χ1v) is 9.81. The molecular weight excluding hydrogens is 378 g/mol. The quantitative estimate of drug-likeness (QED) is 0.505. The van der Waals surface area contributed by atoms with E-state index in [1.54, 1.807) is 6.07 Å². The fourth-order valence-corrected chi connectivity index (χ4v) is 3.27. The summed E-state index contributed by atoms with van der Waals surface area (Å²) in [4.78, 5) is 0. The van der Waals surface area contributed by atoms with Crippen LogP contribution in [-0.4, -0.2) is 30.0 Å². The first-order chi connectivity index (χ1) is 13.5. The Kier molecular flexibility index (Phi) is 6.62. The predicted molar refractivity (Wildman–Crippen MR) is 111 cm³/mol. The Morgan fingerprint density at radius 3 is 2.36 bits per heavy atom.